The predicted octanol–water partition coefficient (Wildman–Crippen LogP) is 1.64. The molecule has 0 aliphatic carbocycles. The Hall–Kier alpha value is -2.06. The molecule has 0 fully saturated rings. The Morgan fingerprint density at radius 3 is 2.60 bits per heavy atom. The molecule has 0 unspecified atom stereocenters. The number of rotatable bonds is 6. The summed E-state index contributed by atoms with van der Waals surface area (Å²) in [6, 6.07) is 1.46. The number of aryl methyl sites for hydroxylation is 1. The van der Waals surface area contributed by atoms with Gasteiger partial charge in [-0.15, -0.1) is 0 Å². The number of hydrogen-bond acceptors (Lipinski definition) is 5. The number of carboxylic acid groups (broad SMARTS) is 1. The Morgan fingerprint density at radius 1 is 1.45 bits per heavy atom. The molecule has 0 bridgehead atoms. The second-order valence-electron chi connectivity index (χ2n) is 3.95. The van der Waals surface area contributed by atoms with Crippen LogP contribution in [0.3, 0.4) is 0 Å². The molecule has 0 atom stereocenters. The fourth-order valence-electron chi connectivity index (χ4n) is 1.46. The fraction of sp³-hybridized carbons (Fsp3) is 0.545. The molecule has 1 rings (SSSR count). The van der Waals surface area contributed by atoms with Crippen LogP contribution in [-0.2, 0) is 4.79 Å². The Kier molecular flexibility index (Phi) is 5.12. The van der Waals surface area contributed by atoms with Crippen molar-refractivity contribution in [1.29, 1.82) is 0 Å². The smallest absolute Gasteiger partial charge is 0.406 e. The molecular formula is C11H14F3N3O3. The highest BCUT2D eigenvalue weighted by molar-refractivity contribution is 5.72. The summed E-state index contributed by atoms with van der Waals surface area (Å²) >= 11 is 0. The number of nitrogens with zero attached hydrogens (tertiary/aromatic N) is 3. The first kappa shape index (κ1) is 16.0. The zero-order valence-corrected chi connectivity index (χ0v) is 10.9. The summed E-state index contributed by atoms with van der Waals surface area (Å²) in [4.78, 5) is 18.8. The molecule has 0 saturated carbocycles. The third kappa shape index (κ3) is 5.29. The van der Waals surface area contributed by atoms with Crippen LogP contribution in [0.5, 0.6) is 5.88 Å². The molecule has 0 radical (unpaired) electrons. The van der Waals surface area contributed by atoms with Gasteiger partial charge in [-0.25, -0.2) is 4.98 Å². The summed E-state index contributed by atoms with van der Waals surface area (Å²) in [7, 11) is 0. The molecule has 0 aromatic carbocycles. The maximum atomic E-state index is 12.5. The Morgan fingerprint density at radius 2 is 2.10 bits per heavy atom. The van der Waals surface area contributed by atoms with Crippen LogP contribution in [0.4, 0.5) is 19.1 Å². The number of ether oxygens (including phenoxy) is 1. The van der Waals surface area contributed by atoms with Crippen LogP contribution in [0.15, 0.2) is 6.07 Å². The van der Waals surface area contributed by atoms with E-state index >= 15 is 0 Å². The van der Waals surface area contributed by atoms with Gasteiger partial charge in [0.15, 0.2) is 0 Å². The summed E-state index contributed by atoms with van der Waals surface area (Å²) in [5.74, 6) is -1.63. The van der Waals surface area contributed by atoms with Crippen molar-refractivity contribution in [3.63, 3.8) is 0 Å². The first-order chi connectivity index (χ1) is 9.21. The summed E-state index contributed by atoms with van der Waals surface area (Å²) in [6.45, 7) is 1.24. The first-order valence-electron chi connectivity index (χ1n) is 5.73. The van der Waals surface area contributed by atoms with E-state index in [1.807, 2.05) is 0 Å². The molecule has 0 saturated heterocycles. The highest BCUT2D eigenvalue weighted by Gasteiger charge is 2.33. The molecule has 1 N–H and O–H groups in total. The van der Waals surface area contributed by atoms with Crippen LogP contribution >= 0.6 is 0 Å². The van der Waals surface area contributed by atoms with Gasteiger partial charge in [-0.05, 0) is 13.8 Å². The fourth-order valence-corrected chi connectivity index (χ4v) is 1.46. The number of carbonyl (C=O) groups is 1. The monoisotopic (exact) mass is 293 g/mol. The van der Waals surface area contributed by atoms with Gasteiger partial charge in [-0.2, -0.15) is 18.2 Å². The number of hydrogen-bond donors (Lipinski definition) is 1. The van der Waals surface area contributed by atoms with E-state index in [-0.39, 0.29) is 18.4 Å². The van der Waals surface area contributed by atoms with Gasteiger partial charge in [0.2, 0.25) is 11.8 Å². The van der Waals surface area contributed by atoms with E-state index in [9.17, 15) is 18.0 Å². The van der Waals surface area contributed by atoms with Gasteiger partial charge < -0.3 is 14.7 Å². The van der Waals surface area contributed by atoms with Crippen molar-refractivity contribution in [1.82, 2.24) is 9.97 Å². The van der Waals surface area contributed by atoms with Crippen LogP contribution in [0, 0.1) is 6.92 Å². The van der Waals surface area contributed by atoms with E-state index in [1.54, 1.807) is 13.8 Å². The molecule has 9 heteroatoms. The lowest BCUT2D eigenvalue weighted by Gasteiger charge is -2.22. The average molecular weight is 293 g/mol. The molecule has 20 heavy (non-hydrogen) atoms. The van der Waals surface area contributed by atoms with Gasteiger partial charge in [0.25, 0.3) is 0 Å². The zero-order chi connectivity index (χ0) is 15.3. The lowest BCUT2D eigenvalue weighted by Crippen LogP contribution is -2.39. The summed E-state index contributed by atoms with van der Waals surface area (Å²) in [6.07, 6.45) is -4.56. The molecule has 1 aromatic heterocycles. The quantitative estimate of drug-likeness (QED) is 0.859. The summed E-state index contributed by atoms with van der Waals surface area (Å²) in [5.41, 5.74) is 0.385. The molecule has 6 nitrogen and oxygen atoms in total. The number of aromatic nitrogens is 2. The van der Waals surface area contributed by atoms with E-state index in [2.05, 4.69) is 9.97 Å². The van der Waals surface area contributed by atoms with Crippen molar-refractivity contribution >= 4 is 11.9 Å². The van der Waals surface area contributed by atoms with E-state index in [1.165, 1.54) is 6.07 Å². The Bertz CT molecular complexity index is 480. The number of carboxylic acids is 1. The lowest BCUT2D eigenvalue weighted by molar-refractivity contribution is -0.136. The molecule has 0 spiro atoms. The highest BCUT2D eigenvalue weighted by atomic mass is 19.4. The minimum Gasteiger partial charge on any atom is -0.480 e. The van der Waals surface area contributed by atoms with Crippen LogP contribution in [-0.4, -0.2) is 46.9 Å². The van der Waals surface area contributed by atoms with Crippen molar-refractivity contribution < 1.29 is 27.8 Å². The van der Waals surface area contributed by atoms with Gasteiger partial charge in [0.05, 0.1) is 6.61 Å². The maximum absolute atomic E-state index is 12.5. The number of alkyl halides is 3. The van der Waals surface area contributed by atoms with Crippen LogP contribution < -0.4 is 9.64 Å². The second-order valence-corrected chi connectivity index (χ2v) is 3.95. The molecule has 0 amide bonds. The first-order valence-corrected chi connectivity index (χ1v) is 5.73. The summed E-state index contributed by atoms with van der Waals surface area (Å²) in [5, 5.41) is 8.69. The van der Waals surface area contributed by atoms with E-state index in [0.717, 1.165) is 0 Å². The Balaban J connectivity index is 3.08. The number of anilines is 1. The molecule has 1 aromatic rings. The van der Waals surface area contributed by atoms with Gasteiger partial charge >= 0.3 is 12.1 Å². The topological polar surface area (TPSA) is 75.5 Å². The normalized spacial score (nSPS) is 11.2. The SMILES string of the molecule is CCOc1cc(C)nc(N(CC(=O)O)CC(F)(F)F)n1. The van der Waals surface area contributed by atoms with Crippen molar-refractivity contribution in [3.8, 4) is 5.88 Å². The van der Waals surface area contributed by atoms with Gasteiger partial charge in [-0.3, -0.25) is 4.79 Å². The van der Waals surface area contributed by atoms with Crippen LogP contribution in [0.25, 0.3) is 0 Å². The number of aliphatic carboxylic acids is 1. The summed E-state index contributed by atoms with van der Waals surface area (Å²) < 4.78 is 42.5. The third-order valence-corrected chi connectivity index (χ3v) is 2.09. The minimum absolute atomic E-state index is 0.104. The molecule has 112 valence electrons. The van der Waals surface area contributed by atoms with Crippen molar-refractivity contribution in [3.05, 3.63) is 11.8 Å². The second kappa shape index (κ2) is 6.40. The lowest BCUT2D eigenvalue weighted by atomic mass is 10.4. The van der Waals surface area contributed by atoms with Crippen LogP contribution in [0.1, 0.15) is 12.6 Å². The standard InChI is InChI=1S/C11H14F3N3O3/c1-3-20-8-4-7(2)15-10(16-8)17(5-9(18)19)6-11(12,13)14/h4H,3,5-6H2,1-2H3,(H,18,19). The van der Waals surface area contributed by atoms with E-state index in [4.69, 9.17) is 9.84 Å². The van der Waals surface area contributed by atoms with Crippen molar-refractivity contribution in [2.75, 3.05) is 24.6 Å². The molecule has 0 aliphatic rings. The van der Waals surface area contributed by atoms with Gasteiger partial charge in [0.1, 0.15) is 13.1 Å². The largest absolute Gasteiger partial charge is 0.480 e. The van der Waals surface area contributed by atoms with Crippen molar-refractivity contribution in [2.45, 2.75) is 20.0 Å². The average Bonchev–Trinajstić information content (AvgIpc) is 2.25. The maximum Gasteiger partial charge on any atom is 0.406 e. The Labute approximate surface area is 113 Å². The van der Waals surface area contributed by atoms with E-state index in [0.29, 0.717) is 10.6 Å². The molecule has 1 heterocycles. The van der Waals surface area contributed by atoms with Crippen molar-refractivity contribution in [2.24, 2.45) is 0 Å². The minimum atomic E-state index is -4.56. The highest BCUT2D eigenvalue weighted by Crippen LogP contribution is 2.21. The van der Waals surface area contributed by atoms with Gasteiger partial charge in [-0.1, -0.05) is 0 Å². The number of halogens is 3. The van der Waals surface area contributed by atoms with Gasteiger partial charge in [0, 0.05) is 11.8 Å². The predicted molar refractivity (Wildman–Crippen MR) is 63.8 cm³/mol. The molecule has 0 aliphatic heterocycles. The zero-order valence-electron chi connectivity index (χ0n) is 10.9. The third-order valence-electron chi connectivity index (χ3n) is 2.09. The molecular weight excluding hydrogens is 279 g/mol. The van der Waals surface area contributed by atoms with E-state index < -0.39 is 25.2 Å². The van der Waals surface area contributed by atoms with Crippen LogP contribution in [0.2, 0.25) is 0 Å².